The van der Waals surface area contributed by atoms with Crippen LogP contribution in [0.15, 0.2) is 42.5 Å². The number of ether oxygens (including phenoxy) is 1. The van der Waals surface area contributed by atoms with Gasteiger partial charge in [-0.2, -0.15) is 0 Å². The van der Waals surface area contributed by atoms with Gasteiger partial charge in [-0.3, -0.25) is 0 Å². The lowest BCUT2D eigenvalue weighted by Crippen LogP contribution is -2.18. The Morgan fingerprint density at radius 3 is 2.67 bits per heavy atom. The summed E-state index contributed by atoms with van der Waals surface area (Å²) in [6, 6.07) is 12.4. The van der Waals surface area contributed by atoms with Gasteiger partial charge in [0.15, 0.2) is 0 Å². The van der Waals surface area contributed by atoms with Crippen molar-refractivity contribution >= 4 is 23.2 Å². The molecule has 0 fully saturated rings. The smallest absolute Gasteiger partial charge is 0.123 e. The van der Waals surface area contributed by atoms with Crippen LogP contribution in [0.25, 0.3) is 0 Å². The molecule has 2 aromatic rings. The van der Waals surface area contributed by atoms with Crippen LogP contribution in [0, 0.1) is 5.82 Å². The second-order valence-corrected chi connectivity index (χ2v) is 6.08. The van der Waals surface area contributed by atoms with Crippen molar-refractivity contribution in [3.8, 4) is 5.75 Å². The molecule has 2 atom stereocenters. The molecule has 4 heteroatoms. The molecule has 0 saturated carbocycles. The molecular weight excluding hydrogens is 310 g/mol. The van der Waals surface area contributed by atoms with E-state index in [1.807, 2.05) is 24.3 Å². The Morgan fingerprint density at radius 2 is 1.95 bits per heavy atom. The Morgan fingerprint density at radius 1 is 1.19 bits per heavy atom. The van der Waals surface area contributed by atoms with Crippen LogP contribution < -0.4 is 4.74 Å². The lowest BCUT2D eigenvalue weighted by Gasteiger charge is -2.19. The Hall–Kier alpha value is -1.25. The highest BCUT2D eigenvalue weighted by atomic mass is 35.5. The van der Waals surface area contributed by atoms with Gasteiger partial charge in [-0.25, -0.2) is 4.39 Å². The Bertz CT molecular complexity index is 627. The number of fused-ring (bicyclic) bond motifs is 1. The van der Waals surface area contributed by atoms with E-state index in [0.717, 1.165) is 29.7 Å². The van der Waals surface area contributed by atoms with Gasteiger partial charge in [-0.15, -0.1) is 11.6 Å². The second kappa shape index (κ2) is 6.25. The van der Waals surface area contributed by atoms with Gasteiger partial charge in [0.1, 0.15) is 17.7 Å². The fourth-order valence-electron chi connectivity index (χ4n) is 2.76. The average molecular weight is 325 g/mol. The predicted octanol–water partition coefficient (Wildman–Crippen LogP) is 5.20. The van der Waals surface area contributed by atoms with E-state index in [-0.39, 0.29) is 17.8 Å². The summed E-state index contributed by atoms with van der Waals surface area (Å²) >= 11 is 12.0. The molecule has 0 saturated heterocycles. The standard InChI is InChI=1S/C17H15Cl2FO/c18-10-13(11-1-3-14(19)4-2-11)9-16-8-12-7-15(20)5-6-17(12)21-16/h1-7,13,16H,8-10H2. The Kier molecular flexibility index (Phi) is 4.37. The summed E-state index contributed by atoms with van der Waals surface area (Å²) in [5.74, 6) is 1.29. The molecule has 0 aliphatic carbocycles. The fourth-order valence-corrected chi connectivity index (χ4v) is 3.19. The van der Waals surface area contributed by atoms with E-state index in [0.29, 0.717) is 10.9 Å². The summed E-state index contributed by atoms with van der Waals surface area (Å²) in [7, 11) is 0. The number of rotatable bonds is 4. The van der Waals surface area contributed by atoms with Crippen molar-refractivity contribution in [1.82, 2.24) is 0 Å². The van der Waals surface area contributed by atoms with Crippen LogP contribution in [0.2, 0.25) is 5.02 Å². The molecule has 21 heavy (non-hydrogen) atoms. The van der Waals surface area contributed by atoms with Crippen molar-refractivity contribution in [2.45, 2.75) is 24.9 Å². The lowest BCUT2D eigenvalue weighted by atomic mass is 9.93. The summed E-state index contributed by atoms with van der Waals surface area (Å²) < 4.78 is 19.1. The highest BCUT2D eigenvalue weighted by Crippen LogP contribution is 2.34. The maximum absolute atomic E-state index is 13.2. The molecule has 1 aliphatic heterocycles. The van der Waals surface area contributed by atoms with Gasteiger partial charge in [0.05, 0.1) is 0 Å². The van der Waals surface area contributed by atoms with Gasteiger partial charge in [0.25, 0.3) is 0 Å². The van der Waals surface area contributed by atoms with Crippen molar-refractivity contribution in [2.24, 2.45) is 0 Å². The molecule has 2 aromatic carbocycles. The normalized spacial score (nSPS) is 18.1. The van der Waals surface area contributed by atoms with Gasteiger partial charge in [-0.05, 0) is 42.3 Å². The number of halogens is 3. The summed E-state index contributed by atoms with van der Waals surface area (Å²) in [6.45, 7) is 0. The van der Waals surface area contributed by atoms with Gasteiger partial charge in [0.2, 0.25) is 0 Å². The zero-order chi connectivity index (χ0) is 14.8. The summed E-state index contributed by atoms with van der Waals surface area (Å²) in [4.78, 5) is 0. The molecule has 0 aromatic heterocycles. The van der Waals surface area contributed by atoms with Gasteiger partial charge in [0, 0.05) is 28.8 Å². The molecule has 0 spiro atoms. The van der Waals surface area contributed by atoms with Crippen LogP contribution in [0.3, 0.4) is 0 Å². The summed E-state index contributed by atoms with van der Waals surface area (Å²) in [5.41, 5.74) is 2.09. The fraction of sp³-hybridized carbons (Fsp3) is 0.294. The van der Waals surface area contributed by atoms with Crippen molar-refractivity contribution in [3.05, 3.63) is 64.4 Å². The number of benzene rings is 2. The summed E-state index contributed by atoms with van der Waals surface area (Å²) in [5, 5.41) is 0.715. The van der Waals surface area contributed by atoms with E-state index in [1.54, 1.807) is 12.1 Å². The largest absolute Gasteiger partial charge is 0.490 e. The third-order valence-electron chi connectivity index (χ3n) is 3.84. The zero-order valence-electron chi connectivity index (χ0n) is 11.4. The highest BCUT2D eigenvalue weighted by molar-refractivity contribution is 6.30. The van der Waals surface area contributed by atoms with Crippen molar-refractivity contribution in [2.75, 3.05) is 5.88 Å². The lowest BCUT2D eigenvalue weighted by molar-refractivity contribution is 0.213. The van der Waals surface area contributed by atoms with E-state index in [4.69, 9.17) is 27.9 Å². The second-order valence-electron chi connectivity index (χ2n) is 5.33. The van der Waals surface area contributed by atoms with E-state index >= 15 is 0 Å². The highest BCUT2D eigenvalue weighted by Gasteiger charge is 2.26. The SMILES string of the molecule is Fc1ccc2c(c1)CC(CC(CCl)c1ccc(Cl)cc1)O2. The first-order chi connectivity index (χ1) is 10.2. The monoisotopic (exact) mass is 324 g/mol. The Labute approximate surface area is 133 Å². The van der Waals surface area contributed by atoms with Crippen molar-refractivity contribution in [3.63, 3.8) is 0 Å². The van der Waals surface area contributed by atoms with E-state index < -0.39 is 0 Å². The van der Waals surface area contributed by atoms with E-state index in [9.17, 15) is 4.39 Å². The molecule has 1 nitrogen and oxygen atoms in total. The van der Waals surface area contributed by atoms with Gasteiger partial charge >= 0.3 is 0 Å². The van der Waals surface area contributed by atoms with Crippen LogP contribution in [0.4, 0.5) is 4.39 Å². The molecule has 1 heterocycles. The van der Waals surface area contributed by atoms with Gasteiger partial charge < -0.3 is 4.74 Å². The molecule has 3 rings (SSSR count). The van der Waals surface area contributed by atoms with Crippen LogP contribution in [0.1, 0.15) is 23.5 Å². The van der Waals surface area contributed by atoms with E-state index in [2.05, 4.69) is 0 Å². The first-order valence-corrected chi connectivity index (χ1v) is 7.83. The molecule has 0 N–H and O–H groups in total. The zero-order valence-corrected chi connectivity index (χ0v) is 12.9. The first-order valence-electron chi connectivity index (χ1n) is 6.92. The van der Waals surface area contributed by atoms with Gasteiger partial charge in [-0.1, -0.05) is 23.7 Å². The maximum Gasteiger partial charge on any atom is 0.123 e. The minimum Gasteiger partial charge on any atom is -0.490 e. The summed E-state index contributed by atoms with van der Waals surface area (Å²) in [6.07, 6.45) is 1.58. The number of hydrogen-bond acceptors (Lipinski definition) is 1. The van der Waals surface area contributed by atoms with Crippen molar-refractivity contribution < 1.29 is 9.13 Å². The minimum atomic E-state index is -0.218. The Balaban J connectivity index is 1.70. The van der Waals surface area contributed by atoms with E-state index in [1.165, 1.54) is 6.07 Å². The average Bonchev–Trinajstić information content (AvgIpc) is 2.87. The topological polar surface area (TPSA) is 9.23 Å². The molecule has 0 bridgehead atoms. The quantitative estimate of drug-likeness (QED) is 0.703. The number of hydrogen-bond donors (Lipinski definition) is 0. The maximum atomic E-state index is 13.2. The van der Waals surface area contributed by atoms with Crippen molar-refractivity contribution in [1.29, 1.82) is 0 Å². The van der Waals surface area contributed by atoms with Crippen LogP contribution in [-0.2, 0) is 6.42 Å². The van der Waals surface area contributed by atoms with Crippen LogP contribution in [-0.4, -0.2) is 12.0 Å². The molecule has 2 unspecified atom stereocenters. The first kappa shape index (κ1) is 14.7. The molecule has 1 aliphatic rings. The molecular formula is C17H15Cl2FO. The third kappa shape index (κ3) is 3.33. The molecule has 0 radical (unpaired) electrons. The van der Waals surface area contributed by atoms with Crippen LogP contribution in [0.5, 0.6) is 5.75 Å². The number of alkyl halides is 1. The minimum absolute atomic E-state index is 0.0428. The molecule has 0 amide bonds. The predicted molar refractivity (Wildman–Crippen MR) is 84.1 cm³/mol. The molecule has 110 valence electrons. The van der Waals surface area contributed by atoms with Crippen LogP contribution >= 0.6 is 23.2 Å². The third-order valence-corrected chi connectivity index (χ3v) is 4.46.